The normalized spacial score (nSPS) is 11.5. The van der Waals surface area contributed by atoms with E-state index in [1.54, 1.807) is 0 Å². The number of unbranched alkanes of at least 4 members (excludes halogenated alkanes) is 27. The predicted octanol–water partition coefficient (Wildman–Crippen LogP) is 16.5. The molecule has 1 atom stereocenters. The molecular formula is C42H78BrCl3O3. The summed E-state index contributed by atoms with van der Waals surface area (Å²) in [5, 5.41) is -0.685. The number of allylic oxidation sites excluding steroid dienone is 2. The van der Waals surface area contributed by atoms with Crippen molar-refractivity contribution in [2.75, 3.05) is 0 Å². The maximum absolute atomic E-state index is 10.6. The van der Waals surface area contributed by atoms with Crippen molar-refractivity contribution >= 4 is 66.5 Å². The minimum Gasteiger partial charge on any atom is -0.281 e. The van der Waals surface area contributed by atoms with Crippen LogP contribution in [0.5, 0.6) is 0 Å². The van der Waals surface area contributed by atoms with E-state index in [0.29, 0.717) is 12.8 Å². The van der Waals surface area contributed by atoms with Gasteiger partial charge in [-0.25, -0.2) is 0 Å². The van der Waals surface area contributed by atoms with Crippen LogP contribution in [0.25, 0.3) is 0 Å². The number of halogens is 4. The highest BCUT2D eigenvalue weighted by Crippen LogP contribution is 2.15. The molecule has 0 bridgehead atoms. The molecular weight excluding hydrogens is 739 g/mol. The average molecular weight is 817 g/mol. The lowest BCUT2D eigenvalue weighted by Gasteiger charge is -2.03. The van der Waals surface area contributed by atoms with E-state index in [-0.39, 0.29) is 20.6 Å². The summed E-state index contributed by atoms with van der Waals surface area (Å²) in [5.41, 5.74) is 0. The van der Waals surface area contributed by atoms with E-state index in [1.165, 1.54) is 167 Å². The molecule has 0 N–H and O–H groups in total. The van der Waals surface area contributed by atoms with Crippen molar-refractivity contribution in [1.29, 1.82) is 0 Å². The zero-order valence-electron chi connectivity index (χ0n) is 32.3. The Bertz CT molecular complexity index is 717. The molecule has 0 aliphatic carbocycles. The lowest BCUT2D eigenvalue weighted by atomic mass is 10.0. The van der Waals surface area contributed by atoms with Gasteiger partial charge in [-0.2, -0.15) is 0 Å². The number of rotatable bonds is 35. The second kappa shape index (κ2) is 48.1. The molecule has 292 valence electrons. The molecule has 0 aromatic carbocycles. The Morgan fingerprint density at radius 3 is 0.898 bits per heavy atom. The Balaban J connectivity index is -0.000000725. The number of carbonyl (C=O) groups excluding carboxylic acids is 3. The van der Waals surface area contributed by atoms with Gasteiger partial charge < -0.3 is 0 Å². The van der Waals surface area contributed by atoms with Gasteiger partial charge in [-0.05, 0) is 79.7 Å². The van der Waals surface area contributed by atoms with E-state index in [0.717, 1.165) is 32.1 Å². The van der Waals surface area contributed by atoms with E-state index in [4.69, 9.17) is 34.8 Å². The van der Waals surface area contributed by atoms with Crippen LogP contribution in [0.1, 0.15) is 233 Å². The lowest BCUT2D eigenvalue weighted by Crippen LogP contribution is -2.03. The Kier molecular flexibility index (Phi) is 52.5. The average Bonchev–Trinajstić information content (AvgIpc) is 3.07. The second-order valence-corrected chi connectivity index (χ2v) is 16.0. The van der Waals surface area contributed by atoms with E-state index in [2.05, 4.69) is 41.9 Å². The molecule has 0 radical (unpaired) electrons. The molecule has 49 heavy (non-hydrogen) atoms. The standard InChI is InChI=1S/C20H39ClO.C18H33ClO.C4H6BrClO/c1-2-3-4-5-6-7-8-9-10-11-12-13-14-15-16-17-18-19-20(21)22;1-2-3-4-5-6-7-8-9-10-11-12-13-14-15-16-17-18(19)20;1-2-3(5)4(6)7/h2-19H2,1H3;7-8H,2-6,9-17H2,1H3;3H,2H2,1H3/b;8-7-;. The van der Waals surface area contributed by atoms with E-state index >= 15 is 0 Å². The fourth-order valence-corrected chi connectivity index (χ4v) is 5.91. The van der Waals surface area contributed by atoms with Gasteiger partial charge in [0.15, 0.2) is 0 Å². The van der Waals surface area contributed by atoms with Crippen molar-refractivity contribution in [3.63, 3.8) is 0 Å². The molecule has 0 rings (SSSR count). The first kappa shape index (κ1) is 53.5. The smallest absolute Gasteiger partial charge is 0.235 e. The predicted molar refractivity (Wildman–Crippen MR) is 224 cm³/mol. The number of alkyl halides is 1. The molecule has 0 aromatic heterocycles. The topological polar surface area (TPSA) is 51.2 Å². The Hall–Kier alpha value is 0.1000. The molecule has 1 unspecified atom stereocenters. The third kappa shape index (κ3) is 57.7. The van der Waals surface area contributed by atoms with Gasteiger partial charge in [-0.3, -0.25) is 14.4 Å². The summed E-state index contributed by atoms with van der Waals surface area (Å²) >= 11 is 18.7. The Morgan fingerprint density at radius 1 is 0.429 bits per heavy atom. The van der Waals surface area contributed by atoms with Crippen LogP contribution >= 0.6 is 50.7 Å². The lowest BCUT2D eigenvalue weighted by molar-refractivity contribution is -0.112. The maximum atomic E-state index is 10.6. The van der Waals surface area contributed by atoms with Gasteiger partial charge in [-0.1, -0.05) is 203 Å². The van der Waals surface area contributed by atoms with Crippen LogP contribution in [0.4, 0.5) is 0 Å². The first-order chi connectivity index (χ1) is 23.7. The molecule has 7 heteroatoms. The minimum atomic E-state index is -0.317. The van der Waals surface area contributed by atoms with E-state index in [1.807, 2.05) is 6.92 Å². The summed E-state index contributed by atoms with van der Waals surface area (Å²) in [5.74, 6) is 0. The van der Waals surface area contributed by atoms with E-state index < -0.39 is 0 Å². The molecule has 0 saturated heterocycles. The largest absolute Gasteiger partial charge is 0.281 e. The minimum absolute atomic E-state index is 0.158. The van der Waals surface area contributed by atoms with Crippen LogP contribution in [0.3, 0.4) is 0 Å². The summed E-state index contributed by atoms with van der Waals surface area (Å²) < 4.78 is 0. The van der Waals surface area contributed by atoms with Crippen molar-refractivity contribution < 1.29 is 14.4 Å². The highest BCUT2D eigenvalue weighted by atomic mass is 79.9. The molecule has 0 fully saturated rings. The van der Waals surface area contributed by atoms with Crippen LogP contribution < -0.4 is 0 Å². The first-order valence-electron chi connectivity index (χ1n) is 20.6. The van der Waals surface area contributed by atoms with Gasteiger partial charge >= 0.3 is 0 Å². The maximum Gasteiger partial charge on any atom is 0.235 e. The van der Waals surface area contributed by atoms with Gasteiger partial charge in [-0.15, -0.1) is 0 Å². The van der Waals surface area contributed by atoms with Crippen LogP contribution in [-0.2, 0) is 14.4 Å². The number of carbonyl (C=O) groups is 3. The van der Waals surface area contributed by atoms with Gasteiger partial charge in [0.1, 0.15) is 0 Å². The summed E-state index contributed by atoms with van der Waals surface area (Å²) in [6.45, 7) is 6.43. The SMILES string of the molecule is CCC(Br)C(=O)Cl.CCCCCC/C=C\CCCCCCCCCC(=O)Cl.CCCCCCCCCCCCCCCCCCCC(=O)Cl. The molecule has 0 aliphatic rings. The van der Waals surface area contributed by atoms with Gasteiger partial charge in [0, 0.05) is 12.8 Å². The second-order valence-electron chi connectivity index (χ2n) is 13.6. The quantitative estimate of drug-likeness (QED) is 0.0277. The van der Waals surface area contributed by atoms with Crippen LogP contribution in [0.2, 0.25) is 0 Å². The molecule has 0 spiro atoms. The molecule has 0 heterocycles. The molecule has 0 saturated carbocycles. The summed E-state index contributed by atoms with van der Waals surface area (Å²) in [6, 6.07) is 0. The van der Waals surface area contributed by atoms with Crippen LogP contribution in [0.15, 0.2) is 12.2 Å². The van der Waals surface area contributed by atoms with Gasteiger partial charge in [0.2, 0.25) is 15.7 Å². The van der Waals surface area contributed by atoms with Crippen molar-refractivity contribution in [2.24, 2.45) is 0 Å². The van der Waals surface area contributed by atoms with Crippen molar-refractivity contribution in [3.8, 4) is 0 Å². The van der Waals surface area contributed by atoms with Crippen molar-refractivity contribution in [3.05, 3.63) is 12.2 Å². The molecule has 0 aromatic rings. The van der Waals surface area contributed by atoms with Gasteiger partial charge in [0.25, 0.3) is 0 Å². The monoisotopic (exact) mass is 814 g/mol. The number of hydrogen-bond donors (Lipinski definition) is 0. The Labute approximate surface area is 328 Å². The van der Waals surface area contributed by atoms with Crippen LogP contribution in [-0.4, -0.2) is 20.6 Å². The zero-order valence-corrected chi connectivity index (χ0v) is 36.2. The zero-order chi connectivity index (χ0) is 37.1. The highest BCUT2D eigenvalue weighted by molar-refractivity contribution is 9.10. The third-order valence-electron chi connectivity index (χ3n) is 8.72. The fraction of sp³-hybridized carbons (Fsp3) is 0.881. The van der Waals surface area contributed by atoms with Crippen molar-refractivity contribution in [1.82, 2.24) is 0 Å². The summed E-state index contributed by atoms with van der Waals surface area (Å²) in [6.07, 6.45) is 46.4. The van der Waals surface area contributed by atoms with Crippen molar-refractivity contribution in [2.45, 2.75) is 237 Å². The molecule has 0 amide bonds. The fourth-order valence-electron chi connectivity index (χ4n) is 5.48. The number of hydrogen-bond acceptors (Lipinski definition) is 3. The first-order valence-corrected chi connectivity index (χ1v) is 22.6. The van der Waals surface area contributed by atoms with Crippen LogP contribution in [0, 0.1) is 0 Å². The van der Waals surface area contributed by atoms with Gasteiger partial charge in [0.05, 0.1) is 4.83 Å². The Morgan fingerprint density at radius 2 is 0.673 bits per heavy atom. The summed E-state index contributed by atoms with van der Waals surface area (Å²) in [7, 11) is 0. The molecule has 3 nitrogen and oxygen atoms in total. The molecule has 0 aliphatic heterocycles. The third-order valence-corrected chi connectivity index (χ3v) is 10.7. The summed E-state index contributed by atoms with van der Waals surface area (Å²) in [4.78, 5) is 31.0. The van der Waals surface area contributed by atoms with E-state index in [9.17, 15) is 14.4 Å². The highest BCUT2D eigenvalue weighted by Gasteiger charge is 2.06.